The summed E-state index contributed by atoms with van der Waals surface area (Å²) in [6.07, 6.45) is 0. The second-order valence-electron chi connectivity index (χ2n) is 4.01. The van der Waals surface area contributed by atoms with Crippen molar-refractivity contribution >= 4 is 60.5 Å². The second kappa shape index (κ2) is 6.00. The first-order valence-corrected chi connectivity index (χ1v) is 8.47. The Kier molecular flexibility index (Phi) is 4.67. The molecule has 0 atom stereocenters. The van der Waals surface area contributed by atoms with Gasteiger partial charge in [-0.2, -0.15) is 0 Å². The van der Waals surface area contributed by atoms with E-state index in [1.165, 1.54) is 12.1 Å². The average molecular weight is 414 g/mol. The minimum atomic E-state index is -4.19. The normalized spacial score (nSPS) is 11.4. The largest absolute Gasteiger partial charge is 0.395 e. The molecule has 112 valence electrons. The topological polar surface area (TPSA) is 72.2 Å². The van der Waals surface area contributed by atoms with Gasteiger partial charge >= 0.3 is 0 Å². The van der Waals surface area contributed by atoms with Crippen molar-refractivity contribution in [2.24, 2.45) is 0 Å². The first kappa shape index (κ1) is 16.4. The first-order chi connectivity index (χ1) is 9.72. The van der Waals surface area contributed by atoms with Crippen molar-refractivity contribution in [2.75, 3.05) is 10.5 Å². The summed E-state index contributed by atoms with van der Waals surface area (Å²) in [6, 6.07) is 6.98. The number of halogens is 4. The number of hydrogen-bond acceptors (Lipinski definition) is 3. The van der Waals surface area contributed by atoms with Gasteiger partial charge in [-0.25, -0.2) is 12.8 Å². The van der Waals surface area contributed by atoms with E-state index in [0.29, 0.717) is 5.02 Å². The Morgan fingerprint density at radius 1 is 1.24 bits per heavy atom. The van der Waals surface area contributed by atoms with Crippen LogP contribution in [0.15, 0.2) is 39.7 Å². The van der Waals surface area contributed by atoms with Crippen LogP contribution in [0.5, 0.6) is 0 Å². The van der Waals surface area contributed by atoms with Crippen LogP contribution < -0.4 is 10.5 Å². The highest BCUT2D eigenvalue weighted by Gasteiger charge is 2.24. The van der Waals surface area contributed by atoms with Gasteiger partial charge in [0.05, 0.1) is 20.9 Å². The van der Waals surface area contributed by atoms with E-state index in [0.717, 1.165) is 6.07 Å². The van der Waals surface area contributed by atoms with E-state index in [9.17, 15) is 12.8 Å². The Hall–Kier alpha value is -1.02. The van der Waals surface area contributed by atoms with E-state index in [2.05, 4.69) is 20.7 Å². The molecule has 2 aromatic rings. The molecule has 2 rings (SSSR count). The van der Waals surface area contributed by atoms with Crippen molar-refractivity contribution in [1.82, 2.24) is 0 Å². The van der Waals surface area contributed by atoms with Crippen molar-refractivity contribution in [1.29, 1.82) is 0 Å². The maximum absolute atomic E-state index is 14.1. The van der Waals surface area contributed by atoms with Crippen LogP contribution in [0, 0.1) is 5.82 Å². The summed E-state index contributed by atoms with van der Waals surface area (Å²) in [5.74, 6) is -1.08. The van der Waals surface area contributed by atoms with Gasteiger partial charge < -0.3 is 5.73 Å². The molecule has 0 saturated heterocycles. The zero-order valence-corrected chi connectivity index (χ0v) is 14.1. The number of nitrogens with two attached hydrogens (primary N) is 1. The number of nitrogen functional groups attached to an aromatic ring is 1. The molecule has 0 bridgehead atoms. The summed E-state index contributed by atoms with van der Waals surface area (Å²) < 4.78 is 40.8. The third-order valence-corrected chi connectivity index (χ3v) is 5.52. The van der Waals surface area contributed by atoms with E-state index < -0.39 is 20.7 Å². The fourth-order valence-electron chi connectivity index (χ4n) is 1.56. The molecule has 0 amide bonds. The number of sulfonamides is 1. The standard InChI is InChI=1S/C12H8BrCl2FN2O2S/c13-10-8(15)5-9(11(16)12(10)17)21(19,20)18-7-3-1-2-6(14)4-7/h1-5,18H,17H2. The van der Waals surface area contributed by atoms with E-state index in [-0.39, 0.29) is 20.9 Å². The Balaban J connectivity index is 2.50. The van der Waals surface area contributed by atoms with E-state index in [1.807, 2.05) is 0 Å². The summed E-state index contributed by atoms with van der Waals surface area (Å²) in [7, 11) is -4.19. The zero-order valence-electron chi connectivity index (χ0n) is 10.2. The Bertz CT molecular complexity index is 815. The second-order valence-corrected chi connectivity index (χ2v) is 7.30. The molecule has 0 fully saturated rings. The third kappa shape index (κ3) is 3.42. The monoisotopic (exact) mass is 412 g/mol. The smallest absolute Gasteiger partial charge is 0.264 e. The molecule has 0 saturated carbocycles. The molecule has 3 N–H and O–H groups in total. The maximum atomic E-state index is 14.1. The number of nitrogens with one attached hydrogen (secondary N) is 1. The lowest BCUT2D eigenvalue weighted by molar-refractivity contribution is 0.572. The van der Waals surface area contributed by atoms with Gasteiger partial charge in [-0.15, -0.1) is 0 Å². The van der Waals surface area contributed by atoms with Gasteiger partial charge in [-0.05, 0) is 40.2 Å². The van der Waals surface area contributed by atoms with Crippen LogP contribution in [0.4, 0.5) is 15.8 Å². The molecular weight excluding hydrogens is 406 g/mol. The predicted octanol–water partition coefficient (Wildman–Crippen LogP) is 4.28. The van der Waals surface area contributed by atoms with Crippen molar-refractivity contribution < 1.29 is 12.8 Å². The zero-order chi connectivity index (χ0) is 15.8. The van der Waals surface area contributed by atoms with Crippen LogP contribution in [0.2, 0.25) is 10.0 Å². The molecule has 4 nitrogen and oxygen atoms in total. The number of anilines is 2. The lowest BCUT2D eigenvalue weighted by Crippen LogP contribution is -2.15. The average Bonchev–Trinajstić information content (AvgIpc) is 2.40. The van der Waals surface area contributed by atoms with Gasteiger partial charge in [0.15, 0.2) is 5.82 Å². The maximum Gasteiger partial charge on any atom is 0.264 e. The molecule has 0 radical (unpaired) electrons. The van der Waals surface area contributed by atoms with Crippen LogP contribution in [0.25, 0.3) is 0 Å². The Labute approximate surface area is 139 Å². The third-order valence-electron chi connectivity index (χ3n) is 2.52. The molecule has 0 heterocycles. The molecule has 9 heteroatoms. The molecule has 21 heavy (non-hydrogen) atoms. The molecular formula is C12H8BrCl2FN2O2S. The highest BCUT2D eigenvalue weighted by Crippen LogP contribution is 2.35. The first-order valence-electron chi connectivity index (χ1n) is 5.43. The highest BCUT2D eigenvalue weighted by molar-refractivity contribution is 9.10. The number of benzene rings is 2. The van der Waals surface area contributed by atoms with Crippen LogP contribution in [0.1, 0.15) is 0 Å². The summed E-state index contributed by atoms with van der Waals surface area (Å²) in [5, 5.41) is 0.324. The number of hydrogen-bond donors (Lipinski definition) is 2. The SMILES string of the molecule is Nc1c(F)c(S(=O)(=O)Nc2cccc(Cl)c2)cc(Cl)c1Br. The Morgan fingerprint density at radius 3 is 2.52 bits per heavy atom. The molecule has 0 aromatic heterocycles. The summed E-state index contributed by atoms with van der Waals surface area (Å²) in [5.41, 5.74) is 5.29. The van der Waals surface area contributed by atoms with Gasteiger partial charge in [-0.3, -0.25) is 4.72 Å². The fraction of sp³-hybridized carbons (Fsp3) is 0. The van der Waals surface area contributed by atoms with Crippen molar-refractivity contribution in [2.45, 2.75) is 4.90 Å². The van der Waals surface area contributed by atoms with E-state index in [1.54, 1.807) is 12.1 Å². The lowest BCUT2D eigenvalue weighted by Gasteiger charge is -2.12. The molecule has 0 unspecified atom stereocenters. The van der Waals surface area contributed by atoms with Crippen molar-refractivity contribution in [3.05, 3.63) is 50.7 Å². The predicted molar refractivity (Wildman–Crippen MR) is 85.8 cm³/mol. The molecule has 2 aromatic carbocycles. The minimum Gasteiger partial charge on any atom is -0.395 e. The molecule has 0 aliphatic heterocycles. The van der Waals surface area contributed by atoms with Crippen LogP contribution in [-0.2, 0) is 10.0 Å². The summed E-state index contributed by atoms with van der Waals surface area (Å²) >= 11 is 14.6. The van der Waals surface area contributed by atoms with Gasteiger partial charge in [-0.1, -0.05) is 29.3 Å². The fourth-order valence-corrected chi connectivity index (χ4v) is 3.48. The van der Waals surface area contributed by atoms with Crippen LogP contribution >= 0.6 is 39.1 Å². The van der Waals surface area contributed by atoms with Gasteiger partial charge in [0, 0.05) is 5.02 Å². The molecule has 0 aliphatic rings. The molecule has 0 spiro atoms. The van der Waals surface area contributed by atoms with Crippen molar-refractivity contribution in [3.63, 3.8) is 0 Å². The summed E-state index contributed by atoms with van der Waals surface area (Å²) in [6.45, 7) is 0. The van der Waals surface area contributed by atoms with E-state index in [4.69, 9.17) is 28.9 Å². The van der Waals surface area contributed by atoms with Gasteiger partial charge in [0.25, 0.3) is 10.0 Å². The van der Waals surface area contributed by atoms with E-state index >= 15 is 0 Å². The van der Waals surface area contributed by atoms with Crippen molar-refractivity contribution in [3.8, 4) is 0 Å². The Morgan fingerprint density at radius 2 is 1.90 bits per heavy atom. The van der Waals surface area contributed by atoms with Crippen LogP contribution in [0.3, 0.4) is 0 Å². The minimum absolute atomic E-state index is 0.0135. The lowest BCUT2D eigenvalue weighted by atomic mass is 10.3. The summed E-state index contributed by atoms with van der Waals surface area (Å²) in [4.78, 5) is -0.645. The molecule has 0 aliphatic carbocycles. The van der Waals surface area contributed by atoms with Gasteiger partial charge in [0.2, 0.25) is 0 Å². The quantitative estimate of drug-likeness (QED) is 0.582. The van der Waals surface area contributed by atoms with Crippen LogP contribution in [-0.4, -0.2) is 8.42 Å². The highest BCUT2D eigenvalue weighted by atomic mass is 79.9. The van der Waals surface area contributed by atoms with Gasteiger partial charge in [0.1, 0.15) is 4.90 Å². The number of rotatable bonds is 3.